The predicted molar refractivity (Wildman–Crippen MR) is 92.5 cm³/mol. The lowest BCUT2D eigenvalue weighted by molar-refractivity contribution is -0.122. The van der Waals surface area contributed by atoms with Crippen LogP contribution in [0, 0.1) is 0 Å². The highest BCUT2D eigenvalue weighted by Crippen LogP contribution is 2.32. The number of hydrogen-bond acceptors (Lipinski definition) is 5. The lowest BCUT2D eigenvalue weighted by atomic mass is 10.1. The first-order valence-electron chi connectivity index (χ1n) is 7.22. The van der Waals surface area contributed by atoms with Crippen LogP contribution >= 0.6 is 12.2 Å². The van der Waals surface area contributed by atoms with Crippen LogP contribution in [0.25, 0.3) is 6.08 Å². The average molecular weight is 344 g/mol. The van der Waals surface area contributed by atoms with Gasteiger partial charge in [0.15, 0.2) is 16.6 Å². The number of methoxy groups -OCH3 is 2. The van der Waals surface area contributed by atoms with Crippen molar-refractivity contribution in [1.29, 1.82) is 0 Å². The first kappa shape index (κ1) is 16.1. The standard InChI is InChI=1S/C17H16N2O4S/c1-21-14-7-3-5-11(15(14)22-2)9-13-16(20)19(17(24)18-13)10-12-6-4-8-23-12/h3-9H,10H2,1-2H3,(H,18,24)/b13-9-. The molecule has 0 radical (unpaired) electrons. The van der Waals surface area contributed by atoms with E-state index < -0.39 is 0 Å². The number of nitrogens with one attached hydrogen (secondary N) is 1. The largest absolute Gasteiger partial charge is 0.493 e. The molecule has 0 bridgehead atoms. The van der Waals surface area contributed by atoms with Gasteiger partial charge in [-0.25, -0.2) is 0 Å². The molecule has 2 heterocycles. The Bertz CT molecular complexity index is 799. The summed E-state index contributed by atoms with van der Waals surface area (Å²) in [7, 11) is 3.12. The molecule has 1 aromatic heterocycles. The molecular formula is C17H16N2O4S. The van der Waals surface area contributed by atoms with E-state index in [2.05, 4.69) is 5.32 Å². The van der Waals surface area contributed by atoms with Crippen LogP contribution in [0.5, 0.6) is 11.5 Å². The summed E-state index contributed by atoms with van der Waals surface area (Å²) in [5.74, 6) is 1.58. The van der Waals surface area contributed by atoms with Gasteiger partial charge in [0.05, 0.1) is 27.0 Å². The molecule has 1 aliphatic heterocycles. The number of amides is 1. The van der Waals surface area contributed by atoms with Gasteiger partial charge in [-0.3, -0.25) is 9.69 Å². The molecule has 6 nitrogen and oxygen atoms in total. The van der Waals surface area contributed by atoms with E-state index in [0.29, 0.717) is 28.1 Å². The van der Waals surface area contributed by atoms with Crippen LogP contribution in [0.15, 0.2) is 46.7 Å². The topological polar surface area (TPSA) is 63.9 Å². The van der Waals surface area contributed by atoms with Gasteiger partial charge in [-0.2, -0.15) is 0 Å². The summed E-state index contributed by atoms with van der Waals surface area (Å²) in [6.07, 6.45) is 3.25. The Labute approximate surface area is 144 Å². The van der Waals surface area contributed by atoms with E-state index in [9.17, 15) is 4.79 Å². The minimum absolute atomic E-state index is 0.221. The Kier molecular flexibility index (Phi) is 4.52. The van der Waals surface area contributed by atoms with Crippen molar-refractivity contribution in [3.63, 3.8) is 0 Å². The quantitative estimate of drug-likeness (QED) is 0.664. The molecule has 0 aliphatic carbocycles. The molecule has 0 saturated carbocycles. The molecule has 1 N–H and O–H groups in total. The second kappa shape index (κ2) is 6.76. The summed E-state index contributed by atoms with van der Waals surface area (Å²) in [5.41, 5.74) is 1.09. The number of carbonyl (C=O) groups excluding carboxylic acids is 1. The van der Waals surface area contributed by atoms with Gasteiger partial charge in [-0.1, -0.05) is 12.1 Å². The van der Waals surface area contributed by atoms with E-state index in [1.807, 2.05) is 12.1 Å². The number of benzene rings is 1. The van der Waals surface area contributed by atoms with Crippen molar-refractivity contribution in [2.24, 2.45) is 0 Å². The monoisotopic (exact) mass is 344 g/mol. The van der Waals surface area contributed by atoms with Crippen molar-refractivity contribution < 1.29 is 18.7 Å². The highest BCUT2D eigenvalue weighted by molar-refractivity contribution is 7.80. The van der Waals surface area contributed by atoms with Gasteiger partial charge in [-0.15, -0.1) is 0 Å². The summed E-state index contributed by atoms with van der Waals surface area (Å²) < 4.78 is 15.9. The van der Waals surface area contributed by atoms with Crippen molar-refractivity contribution in [2.45, 2.75) is 6.54 Å². The van der Waals surface area contributed by atoms with Crippen LogP contribution in [-0.2, 0) is 11.3 Å². The molecule has 1 saturated heterocycles. The fourth-order valence-electron chi connectivity index (χ4n) is 2.45. The van der Waals surface area contributed by atoms with Crippen LogP contribution in [0.4, 0.5) is 0 Å². The van der Waals surface area contributed by atoms with Gasteiger partial charge in [0.25, 0.3) is 5.91 Å². The number of ether oxygens (including phenoxy) is 2. The summed E-state index contributed by atoms with van der Waals surface area (Å²) in [6.45, 7) is 0.282. The lowest BCUT2D eigenvalue weighted by Crippen LogP contribution is -2.29. The first-order valence-corrected chi connectivity index (χ1v) is 7.62. The second-order valence-electron chi connectivity index (χ2n) is 5.04. The van der Waals surface area contributed by atoms with E-state index in [4.69, 9.17) is 26.1 Å². The number of hydrogen-bond donors (Lipinski definition) is 1. The van der Waals surface area contributed by atoms with Crippen molar-refractivity contribution >= 4 is 29.3 Å². The maximum Gasteiger partial charge on any atom is 0.276 e. The smallest absolute Gasteiger partial charge is 0.276 e. The van der Waals surface area contributed by atoms with Gasteiger partial charge in [0.2, 0.25) is 0 Å². The van der Waals surface area contributed by atoms with Crippen LogP contribution < -0.4 is 14.8 Å². The number of carbonyl (C=O) groups is 1. The zero-order chi connectivity index (χ0) is 17.1. The molecule has 24 heavy (non-hydrogen) atoms. The van der Waals surface area contributed by atoms with Crippen LogP contribution in [-0.4, -0.2) is 30.1 Å². The normalized spacial score (nSPS) is 15.8. The van der Waals surface area contributed by atoms with Crippen LogP contribution in [0.3, 0.4) is 0 Å². The van der Waals surface area contributed by atoms with Crippen LogP contribution in [0.2, 0.25) is 0 Å². The Morgan fingerprint density at radius 3 is 2.75 bits per heavy atom. The SMILES string of the molecule is COc1cccc(/C=C2\NC(=S)N(Cc3ccco3)C2=O)c1OC. The summed E-state index contributed by atoms with van der Waals surface area (Å²) in [6, 6.07) is 9.01. The van der Waals surface area contributed by atoms with E-state index in [0.717, 1.165) is 5.56 Å². The number of furan rings is 1. The Hall–Kier alpha value is -2.80. The molecule has 7 heteroatoms. The third kappa shape index (κ3) is 2.98. The summed E-state index contributed by atoms with van der Waals surface area (Å²) in [5, 5.41) is 3.27. The molecule has 1 fully saturated rings. The Morgan fingerprint density at radius 1 is 1.25 bits per heavy atom. The molecule has 1 aromatic carbocycles. The predicted octanol–water partition coefficient (Wildman–Crippen LogP) is 2.55. The van der Waals surface area contributed by atoms with Gasteiger partial charge in [0, 0.05) is 5.56 Å². The van der Waals surface area contributed by atoms with Crippen molar-refractivity contribution in [2.75, 3.05) is 14.2 Å². The zero-order valence-corrected chi connectivity index (χ0v) is 14.1. The second-order valence-corrected chi connectivity index (χ2v) is 5.43. The third-order valence-electron chi connectivity index (χ3n) is 3.59. The third-order valence-corrected chi connectivity index (χ3v) is 3.91. The first-order chi connectivity index (χ1) is 11.6. The minimum atomic E-state index is -0.221. The van der Waals surface area contributed by atoms with Crippen LogP contribution in [0.1, 0.15) is 11.3 Å². The molecule has 0 atom stereocenters. The molecule has 0 spiro atoms. The lowest BCUT2D eigenvalue weighted by Gasteiger charge is -2.11. The van der Waals surface area contributed by atoms with Gasteiger partial charge >= 0.3 is 0 Å². The molecule has 3 rings (SSSR count). The highest BCUT2D eigenvalue weighted by Gasteiger charge is 2.31. The molecular weight excluding hydrogens is 328 g/mol. The number of rotatable bonds is 5. The number of thiocarbonyl (C=S) groups is 1. The van der Waals surface area contributed by atoms with E-state index in [1.54, 1.807) is 44.8 Å². The maximum atomic E-state index is 12.6. The van der Waals surface area contributed by atoms with Gasteiger partial charge < -0.3 is 19.2 Å². The summed E-state index contributed by atoms with van der Waals surface area (Å²) >= 11 is 5.25. The van der Waals surface area contributed by atoms with E-state index in [-0.39, 0.29) is 12.5 Å². The Morgan fingerprint density at radius 2 is 2.08 bits per heavy atom. The summed E-state index contributed by atoms with van der Waals surface area (Å²) in [4.78, 5) is 14.0. The number of nitrogens with zero attached hydrogens (tertiary/aromatic N) is 1. The molecule has 1 aliphatic rings. The van der Waals surface area contributed by atoms with Gasteiger partial charge in [0.1, 0.15) is 11.5 Å². The molecule has 0 unspecified atom stereocenters. The van der Waals surface area contributed by atoms with Crippen molar-refractivity contribution in [3.8, 4) is 11.5 Å². The zero-order valence-electron chi connectivity index (χ0n) is 13.2. The molecule has 1 amide bonds. The highest BCUT2D eigenvalue weighted by atomic mass is 32.1. The fourth-order valence-corrected chi connectivity index (χ4v) is 2.71. The minimum Gasteiger partial charge on any atom is -0.493 e. The van der Waals surface area contributed by atoms with E-state index in [1.165, 1.54) is 4.90 Å². The molecule has 2 aromatic rings. The van der Waals surface area contributed by atoms with Crippen molar-refractivity contribution in [3.05, 3.63) is 53.6 Å². The van der Waals surface area contributed by atoms with Gasteiger partial charge in [-0.05, 0) is 36.5 Å². The van der Waals surface area contributed by atoms with Crippen molar-refractivity contribution in [1.82, 2.24) is 10.2 Å². The maximum absolute atomic E-state index is 12.6. The van der Waals surface area contributed by atoms with E-state index >= 15 is 0 Å². The Balaban J connectivity index is 1.89. The molecule has 124 valence electrons. The fraction of sp³-hybridized carbons (Fsp3) is 0.176. The number of para-hydroxylation sites is 1. The average Bonchev–Trinajstić information content (AvgIpc) is 3.19.